The number of fused-ring (bicyclic) bond motifs is 1. The molecule has 0 bridgehead atoms. The molecule has 0 spiro atoms. The number of nitrogens with zero attached hydrogens (tertiary/aromatic N) is 2. The van der Waals surface area contributed by atoms with Gasteiger partial charge in [0.1, 0.15) is 0 Å². The van der Waals surface area contributed by atoms with Crippen molar-refractivity contribution in [3.05, 3.63) is 0 Å². The smallest absolute Gasteiger partial charge is 0.336 e. The number of likely N-dealkylation sites (tertiary alicyclic amines) is 1. The molecular formula is C11H18F2N2O6S2. The molecule has 1 saturated carbocycles. The molecule has 0 aromatic rings. The number of carbonyl (C=O) groups excluding carboxylic acids is 1. The molecule has 0 radical (unpaired) electrons. The zero-order valence-electron chi connectivity index (χ0n) is 12.1. The summed E-state index contributed by atoms with van der Waals surface area (Å²) in [7, 11) is -10.3. The van der Waals surface area contributed by atoms with Gasteiger partial charge in [-0.05, 0) is 24.7 Å². The Morgan fingerprint density at radius 2 is 1.74 bits per heavy atom. The van der Waals surface area contributed by atoms with Gasteiger partial charge in [0.25, 0.3) is 0 Å². The van der Waals surface area contributed by atoms with Crippen molar-refractivity contribution in [2.75, 3.05) is 13.1 Å². The fraction of sp³-hybridized carbons (Fsp3) is 0.909. The Balaban J connectivity index is 2.18. The number of thiol groups is 1. The molecule has 134 valence electrons. The third-order valence-corrected chi connectivity index (χ3v) is 7.08. The van der Waals surface area contributed by atoms with Crippen molar-refractivity contribution in [3.8, 4) is 0 Å². The predicted octanol–water partition coefficient (Wildman–Crippen LogP) is 0.165. The maximum absolute atomic E-state index is 14.0. The molecule has 1 saturated heterocycles. The zero-order chi connectivity index (χ0) is 17.4. The first kappa shape index (κ1) is 18.5. The van der Waals surface area contributed by atoms with Gasteiger partial charge in [-0.2, -0.15) is 8.78 Å². The van der Waals surface area contributed by atoms with Crippen molar-refractivity contribution in [2.24, 2.45) is 11.8 Å². The minimum absolute atomic E-state index is 0.0138. The van der Waals surface area contributed by atoms with Crippen molar-refractivity contribution in [1.29, 1.82) is 0 Å². The fourth-order valence-corrected chi connectivity index (χ4v) is 4.83. The number of amides is 1. The molecule has 1 N–H and O–H groups in total. The Morgan fingerprint density at radius 1 is 1.17 bits per heavy atom. The second kappa shape index (κ2) is 6.57. The normalized spacial score (nSPS) is 26.4. The summed E-state index contributed by atoms with van der Waals surface area (Å²) in [6.07, 6.45) is 4.23. The molecule has 0 aromatic carbocycles. The summed E-state index contributed by atoms with van der Waals surface area (Å²) in [4.78, 5) is 12.7. The first-order valence-electron chi connectivity index (χ1n) is 7.14. The molecule has 1 aliphatic carbocycles. The van der Waals surface area contributed by atoms with Crippen molar-refractivity contribution in [1.82, 2.24) is 8.77 Å². The van der Waals surface area contributed by atoms with E-state index in [4.69, 9.17) is 5.21 Å². The number of sulfonamides is 1. The number of halogens is 2. The molecule has 2 unspecified atom stereocenters. The van der Waals surface area contributed by atoms with Crippen molar-refractivity contribution < 1.29 is 35.6 Å². The molecule has 2 aliphatic rings. The summed E-state index contributed by atoms with van der Waals surface area (Å²) in [6.45, 7) is 0.00357. The van der Waals surface area contributed by atoms with Crippen LogP contribution in [0.5, 0.6) is 0 Å². The van der Waals surface area contributed by atoms with Crippen LogP contribution < -0.4 is 0 Å². The van der Waals surface area contributed by atoms with Crippen LogP contribution in [0, 0.1) is 11.8 Å². The number of carbonyl (C=O) groups is 1. The average Bonchev–Trinajstić information content (AvgIpc) is 2.52. The largest absolute Gasteiger partial charge is 0.438 e. The highest BCUT2D eigenvalue weighted by Gasteiger charge is 2.59. The van der Waals surface area contributed by atoms with Crippen LogP contribution in [0.4, 0.5) is 8.78 Å². The van der Waals surface area contributed by atoms with E-state index in [0.717, 1.165) is 30.6 Å². The van der Waals surface area contributed by atoms with Crippen molar-refractivity contribution in [2.45, 2.75) is 37.4 Å². The quantitative estimate of drug-likeness (QED) is 0.534. The molecule has 1 amide bonds. The first-order chi connectivity index (χ1) is 10.6. The Kier molecular flexibility index (Phi) is 5.28. The molecule has 23 heavy (non-hydrogen) atoms. The van der Waals surface area contributed by atoms with E-state index >= 15 is 0 Å². The molecular weight excluding hydrogens is 358 g/mol. The van der Waals surface area contributed by atoms with Gasteiger partial charge in [0.15, 0.2) is 0 Å². The van der Waals surface area contributed by atoms with Crippen molar-refractivity contribution >= 4 is 26.8 Å². The third-order valence-electron chi connectivity index (χ3n) is 4.51. The van der Waals surface area contributed by atoms with Crippen LogP contribution in [-0.4, -0.2) is 55.1 Å². The lowest BCUT2D eigenvalue weighted by atomic mass is 9.75. The summed E-state index contributed by atoms with van der Waals surface area (Å²) in [5.41, 5.74) is 0. The molecule has 2 fully saturated rings. The Morgan fingerprint density at radius 3 is 2.30 bits per heavy atom. The van der Waals surface area contributed by atoms with Crippen LogP contribution in [0.2, 0.25) is 0 Å². The van der Waals surface area contributed by atoms with Crippen LogP contribution in [0.15, 0.2) is 0 Å². The fourth-order valence-electron chi connectivity index (χ4n) is 3.27. The maximum atomic E-state index is 14.0. The van der Waals surface area contributed by atoms with Gasteiger partial charge in [-0.25, -0.2) is 16.8 Å². The molecule has 0 aromatic heterocycles. The lowest BCUT2D eigenvalue weighted by molar-refractivity contribution is -0.151. The van der Waals surface area contributed by atoms with Gasteiger partial charge in [-0.15, -0.1) is 0 Å². The first-order valence-corrected chi connectivity index (χ1v) is 9.71. The minimum Gasteiger partial charge on any atom is -0.336 e. The topological polar surface area (TPSA) is 112 Å². The van der Waals surface area contributed by atoms with E-state index in [-0.39, 0.29) is 19.0 Å². The van der Waals surface area contributed by atoms with Crippen LogP contribution in [0.3, 0.4) is 0 Å². The number of alkyl halides is 2. The molecule has 2 atom stereocenters. The Labute approximate surface area is 134 Å². The predicted molar refractivity (Wildman–Crippen MR) is 74.5 cm³/mol. The van der Waals surface area contributed by atoms with Gasteiger partial charge < -0.3 is 4.90 Å². The van der Waals surface area contributed by atoms with Crippen LogP contribution in [0.25, 0.3) is 0 Å². The second-order valence-electron chi connectivity index (χ2n) is 5.83. The monoisotopic (exact) mass is 376 g/mol. The standard InChI is InChI=1S/C11H18F2N2O6S2/c12-11(13,23(20,21)15(17)22(18)19)10(16)14-6-5-8-3-1-2-4-9(8)7-14/h8-9,17,22H,1-7H2. The maximum Gasteiger partial charge on any atom is 0.438 e. The third kappa shape index (κ3) is 3.35. The van der Waals surface area contributed by atoms with Crippen LogP contribution in [0.1, 0.15) is 32.1 Å². The van der Waals surface area contributed by atoms with E-state index in [1.165, 1.54) is 0 Å². The van der Waals surface area contributed by atoms with Gasteiger partial charge in [-0.3, -0.25) is 10.0 Å². The molecule has 12 heteroatoms. The van der Waals surface area contributed by atoms with Gasteiger partial charge in [0.05, 0.1) is 0 Å². The highest BCUT2D eigenvalue weighted by molar-refractivity contribution is 7.98. The number of rotatable bonds is 4. The van der Waals surface area contributed by atoms with Crippen LogP contribution >= 0.6 is 0 Å². The van der Waals surface area contributed by atoms with Gasteiger partial charge in [-0.1, -0.05) is 19.3 Å². The lowest BCUT2D eigenvalue weighted by Crippen LogP contribution is -2.55. The van der Waals surface area contributed by atoms with E-state index in [2.05, 4.69) is 0 Å². The Bertz CT molecular complexity index is 643. The average molecular weight is 376 g/mol. The van der Waals surface area contributed by atoms with E-state index in [1.807, 2.05) is 0 Å². The summed E-state index contributed by atoms with van der Waals surface area (Å²) in [5.74, 6) is -1.62. The number of hydrogen-bond acceptors (Lipinski definition) is 6. The SMILES string of the molecule is O=C(N1CCC2CCCCC2C1)C(F)(F)S(=O)(=O)N(O)[SH](=O)=O. The zero-order valence-corrected chi connectivity index (χ0v) is 13.8. The van der Waals surface area contributed by atoms with Gasteiger partial charge >= 0.3 is 21.2 Å². The summed E-state index contributed by atoms with van der Waals surface area (Å²) in [6, 6.07) is 0. The molecule has 8 nitrogen and oxygen atoms in total. The van der Waals surface area contributed by atoms with E-state index in [9.17, 15) is 30.4 Å². The summed E-state index contributed by atoms with van der Waals surface area (Å²) >= 11 is 0. The van der Waals surface area contributed by atoms with Crippen molar-refractivity contribution in [3.63, 3.8) is 0 Å². The molecule has 1 aliphatic heterocycles. The summed E-state index contributed by atoms with van der Waals surface area (Å²) < 4.78 is 70.3. The van der Waals surface area contributed by atoms with E-state index in [1.54, 1.807) is 0 Å². The minimum atomic E-state index is -6.05. The number of hydrogen-bond donors (Lipinski definition) is 2. The lowest BCUT2D eigenvalue weighted by Gasteiger charge is -2.41. The summed E-state index contributed by atoms with van der Waals surface area (Å²) in [5, 5.41) is 3.78. The molecule has 1 heterocycles. The highest BCUT2D eigenvalue weighted by Crippen LogP contribution is 2.37. The Hall–Kier alpha value is -0.850. The second-order valence-corrected chi connectivity index (χ2v) is 8.76. The van der Waals surface area contributed by atoms with E-state index in [0.29, 0.717) is 12.3 Å². The number of piperidine rings is 1. The van der Waals surface area contributed by atoms with E-state index < -0.39 is 35.9 Å². The highest BCUT2D eigenvalue weighted by atomic mass is 32.3. The van der Waals surface area contributed by atoms with Gasteiger partial charge in [0, 0.05) is 17.0 Å². The van der Waals surface area contributed by atoms with Crippen LogP contribution in [-0.2, 0) is 25.7 Å². The van der Waals surface area contributed by atoms with Gasteiger partial charge in [0.2, 0.25) is 10.9 Å². The molecule has 2 rings (SSSR count).